The first-order chi connectivity index (χ1) is 22.7. The molecule has 0 spiro atoms. The zero-order valence-corrected chi connectivity index (χ0v) is 25.4. The van der Waals surface area contributed by atoms with Crippen LogP contribution in [0.1, 0.15) is 12.5 Å². The van der Waals surface area contributed by atoms with E-state index in [4.69, 9.17) is 0 Å². The number of hydrogen-bond acceptors (Lipinski definition) is 1. The highest BCUT2D eigenvalue weighted by atomic mass is 15.2. The third kappa shape index (κ3) is 2.89. The molecule has 0 N–H and O–H groups in total. The predicted octanol–water partition coefficient (Wildman–Crippen LogP) is 10.8. The molecule has 3 aromatic heterocycles. The van der Waals surface area contributed by atoms with E-state index in [1.807, 2.05) is 0 Å². The molecular weight excluding hydrogens is 558 g/mol. The fourth-order valence-electron chi connectivity index (χ4n) is 8.82. The molecule has 9 aromatic rings. The lowest BCUT2D eigenvalue weighted by molar-refractivity contribution is 0.551. The minimum absolute atomic E-state index is 0.137. The minimum Gasteiger partial charge on any atom is -0.333 e. The highest BCUT2D eigenvalue weighted by Gasteiger charge is 2.47. The summed E-state index contributed by atoms with van der Waals surface area (Å²) in [4.78, 5) is 2.55. The number of nitrogens with zero attached hydrogens (tertiary/aromatic N) is 3. The second-order valence-corrected chi connectivity index (χ2v) is 13.2. The molecule has 216 valence electrons. The van der Waals surface area contributed by atoms with Crippen molar-refractivity contribution in [3.8, 4) is 5.69 Å². The van der Waals surface area contributed by atoms with Gasteiger partial charge in [0.15, 0.2) is 0 Å². The number of anilines is 2. The van der Waals surface area contributed by atoms with Crippen LogP contribution in [0.25, 0.3) is 65.6 Å². The second kappa shape index (κ2) is 8.47. The Labute approximate surface area is 265 Å². The summed E-state index contributed by atoms with van der Waals surface area (Å²) >= 11 is 0. The van der Waals surface area contributed by atoms with E-state index in [9.17, 15) is 0 Å². The monoisotopic (exact) mass is 587 g/mol. The Morgan fingerprint density at radius 3 is 1.96 bits per heavy atom. The molecule has 0 amide bonds. The maximum atomic E-state index is 2.55. The number of hydrogen-bond donors (Lipinski definition) is 0. The largest absolute Gasteiger partial charge is 0.333 e. The zero-order chi connectivity index (χ0) is 30.1. The molecule has 2 aliphatic rings. The number of allylic oxidation sites excluding steroid dienone is 2. The Kier molecular flexibility index (Phi) is 4.51. The number of rotatable bonds is 2. The smallest absolute Gasteiger partial charge is 0.0655 e. The fourth-order valence-corrected chi connectivity index (χ4v) is 8.82. The quantitative estimate of drug-likeness (QED) is 0.196. The summed E-state index contributed by atoms with van der Waals surface area (Å²) in [5, 5.41) is 7.79. The zero-order valence-electron chi connectivity index (χ0n) is 25.4. The van der Waals surface area contributed by atoms with Gasteiger partial charge in [-0.2, -0.15) is 0 Å². The lowest BCUT2D eigenvalue weighted by Crippen LogP contribution is -2.39. The van der Waals surface area contributed by atoms with E-state index in [1.165, 1.54) is 82.5 Å². The molecule has 0 saturated heterocycles. The first-order valence-corrected chi connectivity index (χ1v) is 16.2. The molecule has 1 aliphatic carbocycles. The van der Waals surface area contributed by atoms with Crippen molar-refractivity contribution < 1.29 is 0 Å². The fraction of sp³-hybridized carbons (Fsp3) is 0.0698. The van der Waals surface area contributed by atoms with Gasteiger partial charge in [-0.25, -0.2) is 0 Å². The maximum absolute atomic E-state index is 2.55. The molecule has 3 heteroatoms. The second-order valence-electron chi connectivity index (χ2n) is 13.2. The summed E-state index contributed by atoms with van der Waals surface area (Å²) in [6.07, 6.45) is 9.20. The predicted molar refractivity (Wildman–Crippen MR) is 193 cm³/mol. The summed E-state index contributed by atoms with van der Waals surface area (Å²) in [5.41, 5.74) is 11.3. The van der Waals surface area contributed by atoms with Gasteiger partial charge >= 0.3 is 0 Å². The summed E-state index contributed by atoms with van der Waals surface area (Å²) in [6.45, 7) is 2.40. The Morgan fingerprint density at radius 1 is 0.522 bits per heavy atom. The van der Waals surface area contributed by atoms with Crippen LogP contribution >= 0.6 is 0 Å². The van der Waals surface area contributed by atoms with E-state index in [0.29, 0.717) is 0 Å². The summed E-state index contributed by atoms with van der Waals surface area (Å²) < 4.78 is 4.97. The first kappa shape index (κ1) is 24.5. The van der Waals surface area contributed by atoms with Gasteiger partial charge in [0.2, 0.25) is 0 Å². The molecule has 0 fully saturated rings. The van der Waals surface area contributed by atoms with Crippen molar-refractivity contribution >= 4 is 71.3 Å². The first-order valence-electron chi connectivity index (χ1n) is 16.2. The van der Waals surface area contributed by atoms with Crippen LogP contribution in [0.5, 0.6) is 0 Å². The number of fused-ring (bicyclic) bond motifs is 12. The van der Waals surface area contributed by atoms with Gasteiger partial charge in [-0.3, -0.25) is 0 Å². The van der Waals surface area contributed by atoms with Crippen LogP contribution in [0, 0.1) is 0 Å². The summed E-state index contributed by atoms with van der Waals surface area (Å²) in [5.74, 6) is 0. The molecule has 0 saturated carbocycles. The molecule has 11 rings (SSSR count). The van der Waals surface area contributed by atoms with Crippen molar-refractivity contribution in [2.24, 2.45) is 0 Å². The van der Waals surface area contributed by atoms with Crippen LogP contribution in [0.3, 0.4) is 0 Å². The van der Waals surface area contributed by atoms with Crippen molar-refractivity contribution in [2.75, 3.05) is 4.90 Å². The van der Waals surface area contributed by atoms with Crippen LogP contribution in [-0.2, 0) is 5.41 Å². The minimum atomic E-state index is -0.137. The van der Waals surface area contributed by atoms with E-state index >= 15 is 0 Å². The molecule has 3 nitrogen and oxygen atoms in total. The van der Waals surface area contributed by atoms with Crippen molar-refractivity contribution in [3.05, 3.63) is 157 Å². The van der Waals surface area contributed by atoms with Gasteiger partial charge in [0.05, 0.1) is 33.6 Å². The number of aromatic nitrogens is 2. The van der Waals surface area contributed by atoms with E-state index in [2.05, 4.69) is 172 Å². The Bertz CT molecular complexity index is 2760. The highest BCUT2D eigenvalue weighted by Crippen LogP contribution is 2.54. The summed E-state index contributed by atoms with van der Waals surface area (Å²) in [6, 6.07) is 47.4. The SMILES string of the molecule is CC12C=CC=CC1N(c1ccccc1)c1cc3c4cccc5c6cc7c(cc6n(c3cc12)c45)c1ccccc1n7-c1ccccc1. The van der Waals surface area contributed by atoms with Crippen LogP contribution in [0.2, 0.25) is 0 Å². The van der Waals surface area contributed by atoms with Gasteiger partial charge in [0.25, 0.3) is 0 Å². The average Bonchev–Trinajstić information content (AvgIpc) is 3.79. The third-order valence-electron chi connectivity index (χ3n) is 10.9. The average molecular weight is 588 g/mol. The van der Waals surface area contributed by atoms with Crippen molar-refractivity contribution in [1.82, 2.24) is 8.97 Å². The van der Waals surface area contributed by atoms with Crippen molar-refractivity contribution in [3.63, 3.8) is 0 Å². The number of benzene rings is 6. The van der Waals surface area contributed by atoms with Gasteiger partial charge in [0.1, 0.15) is 0 Å². The van der Waals surface area contributed by atoms with E-state index in [0.717, 1.165) is 0 Å². The highest BCUT2D eigenvalue weighted by molar-refractivity contribution is 6.26. The molecule has 6 aromatic carbocycles. The van der Waals surface area contributed by atoms with E-state index < -0.39 is 0 Å². The van der Waals surface area contributed by atoms with Crippen molar-refractivity contribution in [2.45, 2.75) is 18.4 Å². The molecule has 2 unspecified atom stereocenters. The third-order valence-corrected chi connectivity index (χ3v) is 10.9. The van der Waals surface area contributed by atoms with Crippen LogP contribution in [-0.4, -0.2) is 15.0 Å². The van der Waals surface area contributed by atoms with Crippen LogP contribution in [0.4, 0.5) is 11.4 Å². The lowest BCUT2D eigenvalue weighted by Gasteiger charge is -2.34. The Morgan fingerprint density at radius 2 is 1.15 bits per heavy atom. The van der Waals surface area contributed by atoms with E-state index in [1.54, 1.807) is 0 Å². The Hall–Kier alpha value is -5.80. The topological polar surface area (TPSA) is 12.6 Å². The molecule has 4 heterocycles. The molecular formula is C43H29N3. The van der Waals surface area contributed by atoms with Gasteiger partial charge in [-0.05, 0) is 67.1 Å². The van der Waals surface area contributed by atoms with Crippen molar-refractivity contribution in [1.29, 1.82) is 0 Å². The van der Waals surface area contributed by atoms with E-state index in [-0.39, 0.29) is 11.5 Å². The van der Waals surface area contributed by atoms with Crippen LogP contribution < -0.4 is 4.90 Å². The molecule has 2 atom stereocenters. The van der Waals surface area contributed by atoms with Gasteiger partial charge in [-0.15, -0.1) is 0 Å². The van der Waals surface area contributed by atoms with Gasteiger partial charge < -0.3 is 13.9 Å². The molecule has 1 aliphatic heterocycles. The Balaban J connectivity index is 1.28. The maximum Gasteiger partial charge on any atom is 0.0655 e. The molecule has 0 radical (unpaired) electrons. The molecule has 0 bridgehead atoms. The van der Waals surface area contributed by atoms with Gasteiger partial charge in [-0.1, -0.05) is 97.1 Å². The number of para-hydroxylation sites is 4. The lowest BCUT2D eigenvalue weighted by atomic mass is 9.76. The standard InChI is InChI=1S/C43H29N3/c1-43-22-11-10-21-41(43)45(28-15-6-3-7-16-28)40-25-34-31-19-12-18-30-33-24-37-32(23-38(33)46(42(30)31)39(34)26-35(40)43)29-17-8-9-20-36(29)44(37)27-13-4-2-5-14-27/h2-26,41H,1H3. The molecule has 46 heavy (non-hydrogen) atoms. The summed E-state index contributed by atoms with van der Waals surface area (Å²) in [7, 11) is 0. The van der Waals surface area contributed by atoms with Crippen LogP contribution in [0.15, 0.2) is 152 Å². The normalized spacial score (nSPS) is 19.1. The van der Waals surface area contributed by atoms with Gasteiger partial charge in [0, 0.05) is 54.8 Å².